The molecule has 0 unspecified atom stereocenters. The molecule has 0 fully saturated rings. The average molecular weight is 259 g/mol. The van der Waals surface area contributed by atoms with Crippen LogP contribution >= 0.6 is 0 Å². The van der Waals surface area contributed by atoms with Gasteiger partial charge in [-0.1, -0.05) is 0 Å². The van der Waals surface area contributed by atoms with E-state index < -0.39 is 5.91 Å². The highest BCUT2D eigenvalue weighted by atomic mass is 16.3. The number of anilines is 1. The Balaban J connectivity index is 2.83. The second-order valence-electron chi connectivity index (χ2n) is 4.44. The molecule has 0 heterocycles. The van der Waals surface area contributed by atoms with Crippen LogP contribution in [0.15, 0.2) is 30.0 Å². The summed E-state index contributed by atoms with van der Waals surface area (Å²) in [7, 11) is 0. The van der Waals surface area contributed by atoms with Gasteiger partial charge >= 0.3 is 0 Å². The smallest absolute Gasteiger partial charge is 0.267 e. The molecule has 100 valence electrons. The maximum atomic E-state index is 11.9. The molecule has 0 saturated carbocycles. The number of aryl methyl sites for hydroxylation is 1. The number of benzene rings is 1. The van der Waals surface area contributed by atoms with E-state index in [1.807, 2.05) is 19.9 Å². The van der Waals surface area contributed by atoms with Gasteiger partial charge in [0.05, 0.1) is 0 Å². The van der Waals surface area contributed by atoms with Gasteiger partial charge in [0.15, 0.2) is 0 Å². The molecule has 0 aliphatic heterocycles. The molecule has 1 aromatic rings. The van der Waals surface area contributed by atoms with Gasteiger partial charge in [0.25, 0.3) is 5.91 Å². The van der Waals surface area contributed by atoms with Crippen molar-refractivity contribution in [2.24, 2.45) is 0 Å². The van der Waals surface area contributed by atoms with E-state index in [4.69, 9.17) is 5.26 Å². The Labute approximate surface area is 112 Å². The summed E-state index contributed by atoms with van der Waals surface area (Å²) >= 11 is 0. The van der Waals surface area contributed by atoms with Crippen LogP contribution in [0.5, 0.6) is 5.75 Å². The number of hydrogen-bond donors (Lipinski definition) is 3. The van der Waals surface area contributed by atoms with Crippen molar-refractivity contribution < 1.29 is 9.90 Å². The van der Waals surface area contributed by atoms with Crippen LogP contribution in [0.25, 0.3) is 0 Å². The van der Waals surface area contributed by atoms with E-state index in [1.54, 1.807) is 13.0 Å². The molecule has 5 nitrogen and oxygen atoms in total. The van der Waals surface area contributed by atoms with E-state index >= 15 is 0 Å². The normalized spacial score (nSPS) is 11.0. The Bertz CT molecular complexity index is 542. The van der Waals surface area contributed by atoms with Crippen LogP contribution in [0.3, 0.4) is 0 Å². The van der Waals surface area contributed by atoms with Crippen molar-refractivity contribution in [3.63, 3.8) is 0 Å². The zero-order valence-corrected chi connectivity index (χ0v) is 11.2. The molecule has 1 aromatic carbocycles. The number of aromatic hydroxyl groups is 1. The van der Waals surface area contributed by atoms with Crippen LogP contribution in [0.2, 0.25) is 0 Å². The van der Waals surface area contributed by atoms with Crippen LogP contribution in [0.4, 0.5) is 5.69 Å². The van der Waals surface area contributed by atoms with Crippen molar-refractivity contribution in [1.82, 2.24) is 5.32 Å². The van der Waals surface area contributed by atoms with Crippen molar-refractivity contribution in [1.29, 1.82) is 5.26 Å². The number of amides is 1. The number of carbonyl (C=O) groups excluding carboxylic acids is 1. The maximum absolute atomic E-state index is 11.9. The molecular weight excluding hydrogens is 242 g/mol. The number of nitrogens with one attached hydrogen (secondary N) is 2. The molecule has 1 rings (SSSR count). The van der Waals surface area contributed by atoms with Gasteiger partial charge in [-0.3, -0.25) is 4.79 Å². The first-order valence-electron chi connectivity index (χ1n) is 5.91. The van der Waals surface area contributed by atoms with E-state index in [2.05, 4.69) is 10.6 Å². The Kier molecular flexibility index (Phi) is 4.95. The predicted molar refractivity (Wildman–Crippen MR) is 73.4 cm³/mol. The summed E-state index contributed by atoms with van der Waals surface area (Å²) in [5.74, 6) is -0.350. The van der Waals surface area contributed by atoms with Crippen LogP contribution in [-0.4, -0.2) is 17.1 Å². The van der Waals surface area contributed by atoms with Gasteiger partial charge in [0.1, 0.15) is 17.4 Å². The van der Waals surface area contributed by atoms with Crippen LogP contribution in [0, 0.1) is 18.3 Å². The monoisotopic (exact) mass is 259 g/mol. The Hall–Kier alpha value is -2.48. The summed E-state index contributed by atoms with van der Waals surface area (Å²) in [6.07, 6.45) is 1.40. The molecule has 0 aliphatic rings. The van der Waals surface area contributed by atoms with Crippen LogP contribution in [-0.2, 0) is 4.79 Å². The fourth-order valence-corrected chi connectivity index (χ4v) is 1.38. The summed E-state index contributed by atoms with van der Waals surface area (Å²) in [4.78, 5) is 11.9. The average Bonchev–Trinajstić information content (AvgIpc) is 2.33. The van der Waals surface area contributed by atoms with Crippen molar-refractivity contribution in [3.05, 3.63) is 35.5 Å². The molecule has 0 aliphatic carbocycles. The first kappa shape index (κ1) is 14.6. The van der Waals surface area contributed by atoms with Gasteiger partial charge in [0.2, 0.25) is 0 Å². The van der Waals surface area contributed by atoms with E-state index in [1.165, 1.54) is 18.3 Å². The minimum atomic E-state index is -0.482. The van der Waals surface area contributed by atoms with Gasteiger partial charge < -0.3 is 15.7 Å². The highest BCUT2D eigenvalue weighted by Gasteiger charge is 2.10. The number of nitriles is 1. The number of rotatable bonds is 4. The molecule has 1 amide bonds. The van der Waals surface area contributed by atoms with Gasteiger partial charge in [-0.2, -0.15) is 5.26 Å². The molecule has 19 heavy (non-hydrogen) atoms. The topological polar surface area (TPSA) is 85.2 Å². The van der Waals surface area contributed by atoms with E-state index in [0.29, 0.717) is 5.69 Å². The first-order chi connectivity index (χ1) is 8.93. The van der Waals surface area contributed by atoms with Gasteiger partial charge in [-0.25, -0.2) is 0 Å². The second kappa shape index (κ2) is 6.45. The molecule has 0 spiro atoms. The molecule has 0 bridgehead atoms. The Morgan fingerprint density at radius 2 is 2.16 bits per heavy atom. The fourth-order valence-electron chi connectivity index (χ4n) is 1.38. The summed E-state index contributed by atoms with van der Waals surface area (Å²) in [5, 5.41) is 23.8. The third-order valence-corrected chi connectivity index (χ3v) is 2.38. The first-order valence-corrected chi connectivity index (χ1v) is 5.91. The van der Waals surface area contributed by atoms with Gasteiger partial charge in [-0.05, 0) is 44.5 Å². The molecule has 0 atom stereocenters. The lowest BCUT2D eigenvalue weighted by Crippen LogP contribution is -2.20. The van der Waals surface area contributed by atoms with Crippen molar-refractivity contribution in [2.45, 2.75) is 26.8 Å². The van der Waals surface area contributed by atoms with Crippen LogP contribution < -0.4 is 10.6 Å². The third kappa shape index (κ3) is 4.36. The van der Waals surface area contributed by atoms with E-state index in [0.717, 1.165) is 5.56 Å². The zero-order chi connectivity index (χ0) is 14.4. The molecule has 0 saturated heterocycles. The number of carbonyl (C=O) groups is 1. The standard InChI is InChI=1S/C14H17N3O2/c1-9(2)16-8-11(7-15)14(19)17-13-5-4-12(18)6-10(13)3/h4-6,8-9,16,18H,1-3H3,(H,17,19)/b11-8-. The third-order valence-electron chi connectivity index (χ3n) is 2.38. The number of hydrogen-bond acceptors (Lipinski definition) is 4. The summed E-state index contributed by atoms with van der Waals surface area (Å²) in [6, 6.07) is 6.60. The Morgan fingerprint density at radius 3 is 2.68 bits per heavy atom. The highest BCUT2D eigenvalue weighted by molar-refractivity contribution is 6.06. The molecular formula is C14H17N3O2. The lowest BCUT2D eigenvalue weighted by molar-refractivity contribution is -0.112. The highest BCUT2D eigenvalue weighted by Crippen LogP contribution is 2.20. The van der Waals surface area contributed by atoms with Gasteiger partial charge in [-0.15, -0.1) is 0 Å². The summed E-state index contributed by atoms with van der Waals surface area (Å²) in [5.41, 5.74) is 1.29. The van der Waals surface area contributed by atoms with Gasteiger partial charge in [0, 0.05) is 17.9 Å². The van der Waals surface area contributed by atoms with Crippen molar-refractivity contribution >= 4 is 11.6 Å². The minimum absolute atomic E-state index is 0.00109. The summed E-state index contributed by atoms with van der Waals surface area (Å²) < 4.78 is 0. The second-order valence-corrected chi connectivity index (χ2v) is 4.44. The molecule has 0 radical (unpaired) electrons. The molecule has 0 aromatic heterocycles. The minimum Gasteiger partial charge on any atom is -0.508 e. The van der Waals surface area contributed by atoms with E-state index in [-0.39, 0.29) is 17.4 Å². The molecule has 3 N–H and O–H groups in total. The number of phenols is 1. The van der Waals surface area contributed by atoms with E-state index in [9.17, 15) is 9.90 Å². The molecule has 5 heteroatoms. The maximum Gasteiger partial charge on any atom is 0.267 e. The lowest BCUT2D eigenvalue weighted by atomic mass is 10.2. The quantitative estimate of drug-likeness (QED) is 0.439. The predicted octanol–water partition coefficient (Wildman–Crippen LogP) is 2.04. The fraction of sp³-hybridized carbons (Fsp3) is 0.286. The van der Waals surface area contributed by atoms with Crippen molar-refractivity contribution in [3.8, 4) is 11.8 Å². The van der Waals surface area contributed by atoms with Crippen molar-refractivity contribution in [2.75, 3.05) is 5.32 Å². The van der Waals surface area contributed by atoms with Crippen LogP contribution in [0.1, 0.15) is 19.4 Å². The number of phenolic OH excluding ortho intramolecular Hbond substituents is 1. The largest absolute Gasteiger partial charge is 0.508 e. The SMILES string of the molecule is Cc1cc(O)ccc1NC(=O)/C(C#N)=C\NC(C)C. The summed E-state index contributed by atoms with van der Waals surface area (Å²) in [6.45, 7) is 5.58. The Morgan fingerprint density at radius 1 is 1.47 bits per heavy atom. The zero-order valence-electron chi connectivity index (χ0n) is 11.2. The lowest BCUT2D eigenvalue weighted by Gasteiger charge is -2.09. The number of nitrogens with zero attached hydrogens (tertiary/aromatic N) is 1.